The molecule has 11 nitrogen and oxygen atoms in total. The van der Waals surface area contributed by atoms with Crippen LogP contribution in [-0.2, 0) is 4.74 Å². The van der Waals surface area contributed by atoms with Gasteiger partial charge in [0.1, 0.15) is 5.58 Å². The second kappa shape index (κ2) is 11.3. The van der Waals surface area contributed by atoms with Gasteiger partial charge in [-0.2, -0.15) is 0 Å². The van der Waals surface area contributed by atoms with Crippen LogP contribution in [0.4, 0.5) is 22.7 Å². The lowest BCUT2D eigenvalue weighted by molar-refractivity contribution is -0.384. The van der Waals surface area contributed by atoms with Crippen molar-refractivity contribution in [2.24, 2.45) is 0 Å². The van der Waals surface area contributed by atoms with Gasteiger partial charge in [0.15, 0.2) is 5.76 Å². The Hall–Kier alpha value is -4.90. The lowest BCUT2D eigenvalue weighted by atomic mass is 10.1. The molecule has 2 fully saturated rings. The fourth-order valence-corrected chi connectivity index (χ4v) is 5.26. The summed E-state index contributed by atoms with van der Waals surface area (Å²) in [7, 11) is 0. The monoisotopic (exact) mass is 555 g/mol. The lowest BCUT2D eigenvalue weighted by Crippen LogP contribution is -2.48. The van der Waals surface area contributed by atoms with E-state index >= 15 is 0 Å². The van der Waals surface area contributed by atoms with E-state index in [2.05, 4.69) is 10.2 Å². The van der Waals surface area contributed by atoms with E-state index in [0.717, 1.165) is 11.1 Å². The highest BCUT2D eigenvalue weighted by molar-refractivity contribution is 6.08. The maximum Gasteiger partial charge on any atom is 0.289 e. The molecular formula is C30H29N5O6. The number of nitro benzene ring substituents is 1. The molecule has 2 aliphatic heterocycles. The van der Waals surface area contributed by atoms with Crippen LogP contribution in [0.15, 0.2) is 77.2 Å². The van der Waals surface area contributed by atoms with E-state index in [1.807, 2.05) is 53.4 Å². The summed E-state index contributed by atoms with van der Waals surface area (Å²) >= 11 is 0. The smallest absolute Gasteiger partial charge is 0.289 e. The highest BCUT2D eigenvalue weighted by Gasteiger charge is 2.25. The largest absolute Gasteiger partial charge is 0.451 e. The summed E-state index contributed by atoms with van der Waals surface area (Å²) in [5.74, 6) is -0.183. The van der Waals surface area contributed by atoms with E-state index in [9.17, 15) is 19.7 Å². The van der Waals surface area contributed by atoms with Gasteiger partial charge < -0.3 is 29.2 Å². The summed E-state index contributed by atoms with van der Waals surface area (Å²) in [6.45, 7) is 4.71. The normalized spacial score (nSPS) is 15.7. The summed E-state index contributed by atoms with van der Waals surface area (Å²) in [4.78, 5) is 43.1. The number of rotatable bonds is 6. The van der Waals surface area contributed by atoms with Gasteiger partial charge in [0.25, 0.3) is 17.5 Å². The summed E-state index contributed by atoms with van der Waals surface area (Å²) in [6.07, 6.45) is 0. The lowest BCUT2D eigenvalue weighted by Gasteiger charge is -2.35. The summed E-state index contributed by atoms with van der Waals surface area (Å²) < 4.78 is 11.2. The number of carbonyl (C=O) groups excluding carboxylic acids is 2. The van der Waals surface area contributed by atoms with Gasteiger partial charge in [0.05, 0.1) is 29.4 Å². The van der Waals surface area contributed by atoms with E-state index in [-0.39, 0.29) is 17.2 Å². The maximum absolute atomic E-state index is 13.3. The predicted octanol–water partition coefficient (Wildman–Crippen LogP) is 4.39. The Morgan fingerprint density at radius 1 is 0.829 bits per heavy atom. The molecular weight excluding hydrogens is 526 g/mol. The van der Waals surface area contributed by atoms with Crippen molar-refractivity contribution in [1.29, 1.82) is 0 Å². The van der Waals surface area contributed by atoms with Gasteiger partial charge in [0, 0.05) is 68.2 Å². The molecule has 0 radical (unpaired) electrons. The quantitative estimate of drug-likeness (QED) is 0.275. The molecule has 0 spiro atoms. The number of anilines is 3. The van der Waals surface area contributed by atoms with Crippen molar-refractivity contribution < 1.29 is 23.7 Å². The zero-order valence-electron chi connectivity index (χ0n) is 22.3. The van der Waals surface area contributed by atoms with Gasteiger partial charge in [-0.1, -0.05) is 18.2 Å². The predicted molar refractivity (Wildman–Crippen MR) is 155 cm³/mol. The number of piperazine rings is 1. The van der Waals surface area contributed by atoms with Gasteiger partial charge in [-0.15, -0.1) is 0 Å². The van der Waals surface area contributed by atoms with Crippen LogP contribution >= 0.6 is 0 Å². The fraction of sp³-hybridized carbons (Fsp3) is 0.267. The molecule has 210 valence electrons. The number of nitrogens with one attached hydrogen (secondary N) is 1. The number of amides is 2. The topological polar surface area (TPSA) is 121 Å². The van der Waals surface area contributed by atoms with Gasteiger partial charge in [-0.25, -0.2) is 0 Å². The highest BCUT2D eigenvalue weighted by atomic mass is 16.6. The highest BCUT2D eigenvalue weighted by Crippen LogP contribution is 2.28. The van der Waals surface area contributed by atoms with Crippen molar-refractivity contribution in [3.05, 3.63) is 94.2 Å². The summed E-state index contributed by atoms with van der Waals surface area (Å²) in [6, 6.07) is 21.2. The number of nitrogens with zero attached hydrogens (tertiary/aromatic N) is 4. The Labute approximate surface area is 236 Å². The van der Waals surface area contributed by atoms with Crippen molar-refractivity contribution in [2.45, 2.75) is 0 Å². The number of carbonyl (C=O) groups is 2. The summed E-state index contributed by atoms with van der Waals surface area (Å²) in [5, 5.41) is 15.2. The molecule has 1 aromatic heterocycles. The Morgan fingerprint density at radius 2 is 1.56 bits per heavy atom. The average molecular weight is 556 g/mol. The second-order valence-electron chi connectivity index (χ2n) is 9.99. The minimum Gasteiger partial charge on any atom is -0.451 e. The molecule has 1 N–H and O–H groups in total. The number of morpholine rings is 1. The molecule has 3 heterocycles. The minimum absolute atomic E-state index is 0.114. The first-order valence-electron chi connectivity index (χ1n) is 13.5. The molecule has 0 atom stereocenters. The van der Waals surface area contributed by atoms with Gasteiger partial charge in [0.2, 0.25) is 0 Å². The van der Waals surface area contributed by atoms with Crippen molar-refractivity contribution in [3.8, 4) is 0 Å². The van der Waals surface area contributed by atoms with Crippen LogP contribution < -0.4 is 15.1 Å². The third-order valence-electron chi connectivity index (χ3n) is 7.48. The van der Waals surface area contributed by atoms with E-state index in [4.69, 9.17) is 9.15 Å². The van der Waals surface area contributed by atoms with Crippen LogP contribution in [-0.4, -0.2) is 74.1 Å². The molecule has 4 aromatic rings. The third kappa shape index (κ3) is 5.57. The Balaban J connectivity index is 1.10. The van der Waals surface area contributed by atoms with E-state index in [0.29, 0.717) is 75.2 Å². The molecule has 0 bridgehead atoms. The zero-order valence-corrected chi connectivity index (χ0v) is 22.3. The van der Waals surface area contributed by atoms with Crippen molar-refractivity contribution in [1.82, 2.24) is 4.90 Å². The number of furan rings is 1. The van der Waals surface area contributed by atoms with E-state index < -0.39 is 10.8 Å². The van der Waals surface area contributed by atoms with Crippen LogP contribution in [0.1, 0.15) is 20.9 Å². The number of nitro groups is 1. The average Bonchev–Trinajstić information content (AvgIpc) is 3.46. The maximum atomic E-state index is 13.3. The van der Waals surface area contributed by atoms with E-state index in [1.165, 1.54) is 12.1 Å². The third-order valence-corrected chi connectivity index (χ3v) is 7.48. The number of hydrogen-bond donors (Lipinski definition) is 1. The number of ether oxygens (including phenoxy) is 1. The van der Waals surface area contributed by atoms with Crippen LogP contribution in [0.5, 0.6) is 0 Å². The molecule has 2 aliphatic rings. The molecule has 0 saturated carbocycles. The second-order valence-corrected chi connectivity index (χ2v) is 9.99. The van der Waals surface area contributed by atoms with Crippen LogP contribution in [0.2, 0.25) is 0 Å². The van der Waals surface area contributed by atoms with E-state index in [1.54, 1.807) is 17.0 Å². The minimum atomic E-state index is -0.501. The standard InChI is InChI=1S/C30H29N5O6/c36-29(25-20-24(35(38)39)9-10-26(25)33-15-17-40-18-16-33)31-22-5-7-23(8-6-22)32-11-13-34(14-12-32)30(37)28-19-21-3-1-2-4-27(21)41-28/h1-10,19-20H,11-18H2,(H,31,36). The first-order valence-corrected chi connectivity index (χ1v) is 13.5. The molecule has 3 aromatic carbocycles. The molecule has 11 heteroatoms. The Kier molecular flexibility index (Phi) is 7.26. The molecule has 0 aliphatic carbocycles. The molecule has 41 heavy (non-hydrogen) atoms. The van der Waals surface area contributed by atoms with Crippen molar-refractivity contribution in [2.75, 3.05) is 67.6 Å². The summed E-state index contributed by atoms with van der Waals surface area (Å²) in [5.41, 5.74) is 3.00. The van der Waals surface area contributed by atoms with Gasteiger partial charge >= 0.3 is 0 Å². The van der Waals surface area contributed by atoms with Gasteiger partial charge in [-0.05, 0) is 42.5 Å². The number of benzene rings is 3. The van der Waals surface area contributed by atoms with Crippen LogP contribution in [0.3, 0.4) is 0 Å². The first-order chi connectivity index (χ1) is 20.0. The SMILES string of the molecule is O=C(Nc1ccc(N2CCN(C(=O)c3cc4ccccc4o3)CC2)cc1)c1cc([N+](=O)[O-])ccc1N1CCOCC1. The first kappa shape index (κ1) is 26.3. The van der Waals surface area contributed by atoms with Crippen molar-refractivity contribution in [3.63, 3.8) is 0 Å². The van der Waals surface area contributed by atoms with Crippen LogP contribution in [0, 0.1) is 10.1 Å². The molecule has 2 amide bonds. The van der Waals surface area contributed by atoms with Crippen LogP contribution in [0.25, 0.3) is 11.0 Å². The Bertz CT molecular complexity index is 1550. The Morgan fingerprint density at radius 3 is 2.27 bits per heavy atom. The molecule has 0 unspecified atom stereocenters. The fourth-order valence-electron chi connectivity index (χ4n) is 5.26. The number of para-hydroxylation sites is 1. The van der Waals surface area contributed by atoms with Crippen molar-refractivity contribution >= 4 is 45.5 Å². The molecule has 6 rings (SSSR count). The molecule has 2 saturated heterocycles. The van der Waals surface area contributed by atoms with Gasteiger partial charge in [-0.3, -0.25) is 19.7 Å². The number of non-ortho nitro benzene ring substituents is 1. The number of fused-ring (bicyclic) bond motifs is 1. The zero-order chi connectivity index (χ0) is 28.3. The number of hydrogen-bond acceptors (Lipinski definition) is 8.